The molecule has 1 aromatic rings. The molecule has 3 N–H and O–H groups in total. The molecule has 138 valence electrons. The fourth-order valence-electron chi connectivity index (χ4n) is 1.92. The predicted molar refractivity (Wildman–Crippen MR) is 95.4 cm³/mol. The van der Waals surface area contributed by atoms with Gasteiger partial charge in [0.05, 0.1) is 12.8 Å². The summed E-state index contributed by atoms with van der Waals surface area (Å²) in [5.74, 6) is 1.62. The summed E-state index contributed by atoms with van der Waals surface area (Å²) in [5.41, 5.74) is 0. The molecule has 1 rings (SSSR count). The topological polar surface area (TPSA) is 113 Å². The van der Waals surface area contributed by atoms with Crippen LogP contribution in [0.15, 0.2) is 11.3 Å². The molecule has 0 saturated carbocycles. The number of aromatic nitrogens is 3. The van der Waals surface area contributed by atoms with Crippen LogP contribution in [0, 0.1) is 0 Å². The van der Waals surface area contributed by atoms with Gasteiger partial charge >= 0.3 is 0 Å². The van der Waals surface area contributed by atoms with Crippen LogP contribution in [-0.4, -0.2) is 61.1 Å². The zero-order valence-corrected chi connectivity index (χ0v) is 15.7. The van der Waals surface area contributed by atoms with Gasteiger partial charge in [-0.05, 0) is 13.3 Å². The second-order valence-corrected chi connectivity index (χ2v) is 7.40. The average Bonchev–Trinajstić information content (AvgIpc) is 2.97. The highest BCUT2D eigenvalue weighted by Crippen LogP contribution is 1.95. The van der Waals surface area contributed by atoms with E-state index in [1.165, 1.54) is 0 Å². The Hall–Kier alpha value is -1.68. The first-order chi connectivity index (χ1) is 11.4. The molecular weight excluding hydrogens is 330 g/mol. The lowest BCUT2D eigenvalue weighted by molar-refractivity contribution is 0.586. The molecule has 0 bridgehead atoms. The van der Waals surface area contributed by atoms with Crippen LogP contribution in [0.3, 0.4) is 0 Å². The highest BCUT2D eigenvalue weighted by molar-refractivity contribution is 7.88. The quantitative estimate of drug-likeness (QED) is 0.301. The zero-order chi connectivity index (χ0) is 18.0. The van der Waals surface area contributed by atoms with Crippen molar-refractivity contribution in [2.75, 3.05) is 25.9 Å². The number of rotatable bonds is 10. The number of aryl methyl sites for hydroxylation is 1. The van der Waals surface area contributed by atoms with Crippen molar-refractivity contribution < 1.29 is 8.42 Å². The van der Waals surface area contributed by atoms with Crippen molar-refractivity contribution in [2.45, 2.75) is 46.2 Å². The average molecular weight is 360 g/mol. The van der Waals surface area contributed by atoms with E-state index in [0.29, 0.717) is 19.0 Å². The van der Waals surface area contributed by atoms with Gasteiger partial charge in [-0.15, -0.1) is 10.2 Å². The highest BCUT2D eigenvalue weighted by Gasteiger charge is 2.05. The van der Waals surface area contributed by atoms with Crippen LogP contribution in [0.4, 0.5) is 0 Å². The molecule has 1 unspecified atom stereocenters. The number of sulfonamides is 1. The van der Waals surface area contributed by atoms with Crippen LogP contribution in [-0.2, 0) is 23.0 Å². The van der Waals surface area contributed by atoms with Crippen molar-refractivity contribution in [3.63, 3.8) is 0 Å². The first-order valence-corrected chi connectivity index (χ1v) is 10.1. The van der Waals surface area contributed by atoms with Gasteiger partial charge in [0.25, 0.3) is 0 Å². The van der Waals surface area contributed by atoms with E-state index in [4.69, 9.17) is 0 Å². The standard InChI is InChI=1S/C14H29N7O2S/c1-5-12(3)19-14(15-7-8-18-24(4,22)23)16-9-10-21-11-17-20-13(21)6-2/h11-12,18H,5-10H2,1-4H3,(H2,15,16,19). The van der Waals surface area contributed by atoms with Crippen molar-refractivity contribution >= 4 is 16.0 Å². The van der Waals surface area contributed by atoms with E-state index in [2.05, 4.69) is 44.4 Å². The molecule has 0 fully saturated rings. The maximum atomic E-state index is 11.1. The summed E-state index contributed by atoms with van der Waals surface area (Å²) in [4.78, 5) is 4.40. The third kappa shape index (κ3) is 8.25. The lowest BCUT2D eigenvalue weighted by atomic mass is 10.3. The van der Waals surface area contributed by atoms with E-state index in [-0.39, 0.29) is 12.6 Å². The molecule has 0 aliphatic rings. The molecule has 0 radical (unpaired) electrons. The van der Waals surface area contributed by atoms with Crippen LogP contribution in [0.2, 0.25) is 0 Å². The van der Waals surface area contributed by atoms with Crippen LogP contribution >= 0.6 is 0 Å². The minimum atomic E-state index is -3.18. The molecule has 0 spiro atoms. The maximum Gasteiger partial charge on any atom is 0.208 e. The molecule has 0 aliphatic heterocycles. The number of guanidine groups is 1. The van der Waals surface area contributed by atoms with Gasteiger partial charge in [0.15, 0.2) is 5.96 Å². The Kier molecular flexibility index (Phi) is 8.69. The maximum absolute atomic E-state index is 11.1. The predicted octanol–water partition coefficient (Wildman–Crippen LogP) is -0.277. The van der Waals surface area contributed by atoms with E-state index in [0.717, 1.165) is 31.5 Å². The van der Waals surface area contributed by atoms with E-state index in [1.54, 1.807) is 6.33 Å². The van der Waals surface area contributed by atoms with E-state index < -0.39 is 10.0 Å². The smallest absolute Gasteiger partial charge is 0.208 e. The van der Waals surface area contributed by atoms with Crippen LogP contribution in [0.25, 0.3) is 0 Å². The van der Waals surface area contributed by atoms with Crippen molar-refractivity contribution in [1.82, 2.24) is 30.1 Å². The van der Waals surface area contributed by atoms with Crippen molar-refractivity contribution in [3.8, 4) is 0 Å². The molecular formula is C14H29N7O2S. The van der Waals surface area contributed by atoms with Gasteiger partial charge in [0, 0.05) is 32.1 Å². The Bertz CT molecular complexity index is 612. The first kappa shape index (κ1) is 20.4. The Labute approximate surface area is 144 Å². The Balaban J connectivity index is 2.52. The summed E-state index contributed by atoms with van der Waals surface area (Å²) < 4.78 is 26.5. The Morgan fingerprint density at radius 1 is 1.38 bits per heavy atom. The molecule has 0 aliphatic carbocycles. The fraction of sp³-hybridized carbons (Fsp3) is 0.786. The summed E-state index contributed by atoms with van der Waals surface area (Å²) in [6.07, 6.45) is 4.66. The fourth-order valence-corrected chi connectivity index (χ4v) is 2.38. The summed E-state index contributed by atoms with van der Waals surface area (Å²) in [5, 5.41) is 14.5. The molecule has 0 saturated heterocycles. The number of hydrogen-bond acceptors (Lipinski definition) is 5. The van der Waals surface area contributed by atoms with Gasteiger partial charge in [0.1, 0.15) is 12.2 Å². The van der Waals surface area contributed by atoms with Crippen LogP contribution < -0.4 is 15.4 Å². The van der Waals surface area contributed by atoms with Gasteiger partial charge in [-0.1, -0.05) is 13.8 Å². The summed E-state index contributed by atoms with van der Waals surface area (Å²) in [6.45, 7) is 8.25. The molecule has 1 aromatic heterocycles. The summed E-state index contributed by atoms with van der Waals surface area (Å²) >= 11 is 0. The summed E-state index contributed by atoms with van der Waals surface area (Å²) in [6, 6.07) is 0.278. The third-order valence-corrected chi connectivity index (χ3v) is 4.13. The van der Waals surface area contributed by atoms with E-state index in [9.17, 15) is 8.42 Å². The summed E-state index contributed by atoms with van der Waals surface area (Å²) in [7, 11) is -3.18. The SMILES string of the molecule is CCc1nncn1CCNC(=NCCNS(C)(=O)=O)NC(C)CC. The number of hydrogen-bond donors (Lipinski definition) is 3. The van der Waals surface area contributed by atoms with E-state index >= 15 is 0 Å². The normalized spacial score (nSPS) is 13.8. The molecule has 1 heterocycles. The number of nitrogens with one attached hydrogen (secondary N) is 3. The largest absolute Gasteiger partial charge is 0.355 e. The number of aliphatic imine (C=N–C) groups is 1. The molecule has 10 heteroatoms. The third-order valence-electron chi connectivity index (χ3n) is 3.40. The molecule has 0 aromatic carbocycles. The Morgan fingerprint density at radius 2 is 2.12 bits per heavy atom. The minimum absolute atomic E-state index is 0.275. The van der Waals surface area contributed by atoms with Crippen molar-refractivity contribution in [1.29, 1.82) is 0 Å². The second kappa shape index (κ2) is 10.2. The van der Waals surface area contributed by atoms with Gasteiger partial charge in [-0.25, -0.2) is 13.1 Å². The first-order valence-electron chi connectivity index (χ1n) is 8.21. The second-order valence-electron chi connectivity index (χ2n) is 5.57. The van der Waals surface area contributed by atoms with Crippen molar-refractivity contribution in [3.05, 3.63) is 12.2 Å². The van der Waals surface area contributed by atoms with E-state index in [1.807, 2.05) is 11.5 Å². The zero-order valence-electron chi connectivity index (χ0n) is 14.9. The van der Waals surface area contributed by atoms with Gasteiger partial charge < -0.3 is 15.2 Å². The highest BCUT2D eigenvalue weighted by atomic mass is 32.2. The Morgan fingerprint density at radius 3 is 2.75 bits per heavy atom. The van der Waals surface area contributed by atoms with Crippen molar-refractivity contribution in [2.24, 2.45) is 4.99 Å². The van der Waals surface area contributed by atoms with Gasteiger partial charge in [0.2, 0.25) is 10.0 Å². The van der Waals surface area contributed by atoms with Crippen LogP contribution in [0.5, 0.6) is 0 Å². The monoisotopic (exact) mass is 359 g/mol. The number of nitrogens with zero attached hydrogens (tertiary/aromatic N) is 4. The molecule has 9 nitrogen and oxygen atoms in total. The minimum Gasteiger partial charge on any atom is -0.355 e. The van der Waals surface area contributed by atoms with Gasteiger partial charge in [-0.3, -0.25) is 4.99 Å². The lowest BCUT2D eigenvalue weighted by Gasteiger charge is -2.17. The molecule has 0 amide bonds. The van der Waals surface area contributed by atoms with Crippen LogP contribution in [0.1, 0.15) is 33.0 Å². The lowest BCUT2D eigenvalue weighted by Crippen LogP contribution is -2.43. The molecule has 1 atom stereocenters. The molecule has 24 heavy (non-hydrogen) atoms. The van der Waals surface area contributed by atoms with Gasteiger partial charge in [-0.2, -0.15) is 0 Å².